The molecule has 112 valence electrons. The van der Waals surface area contributed by atoms with Crippen molar-refractivity contribution in [3.8, 4) is 0 Å². The highest BCUT2D eigenvalue weighted by Gasteiger charge is 2.48. The van der Waals surface area contributed by atoms with Gasteiger partial charge in [0.15, 0.2) is 5.96 Å². The van der Waals surface area contributed by atoms with Gasteiger partial charge in [0, 0.05) is 25.4 Å². The standard InChI is InChI=1S/C14H27N3S.HI/c1-3-15-13(16-9-10-18-2)17-11-14(7-4-8-14)12-5-6-12;/h12H,3-11H2,1-2H3,(H2,15,16,17);1H. The molecule has 2 N–H and O–H groups in total. The molecule has 0 radical (unpaired) electrons. The zero-order chi connectivity index (χ0) is 12.8. The van der Waals surface area contributed by atoms with E-state index in [-0.39, 0.29) is 24.0 Å². The lowest BCUT2D eigenvalue weighted by Crippen LogP contribution is -2.41. The van der Waals surface area contributed by atoms with Crippen LogP contribution in [0.4, 0.5) is 0 Å². The summed E-state index contributed by atoms with van der Waals surface area (Å²) in [5.74, 6) is 3.14. The van der Waals surface area contributed by atoms with Crippen molar-refractivity contribution in [3.05, 3.63) is 0 Å². The fraction of sp³-hybridized carbons (Fsp3) is 0.929. The Morgan fingerprint density at radius 3 is 2.53 bits per heavy atom. The first kappa shape index (κ1) is 17.4. The maximum absolute atomic E-state index is 4.83. The average Bonchev–Trinajstić information content (AvgIpc) is 3.12. The molecular formula is C14H28IN3S. The van der Waals surface area contributed by atoms with E-state index in [0.29, 0.717) is 5.41 Å². The lowest BCUT2D eigenvalue weighted by Gasteiger charge is -2.41. The summed E-state index contributed by atoms with van der Waals surface area (Å²) in [6, 6.07) is 0. The summed E-state index contributed by atoms with van der Waals surface area (Å²) in [6.45, 7) is 5.11. The predicted octanol–water partition coefficient (Wildman–Crippen LogP) is 3.10. The number of hydrogen-bond acceptors (Lipinski definition) is 2. The van der Waals surface area contributed by atoms with E-state index in [1.807, 2.05) is 11.8 Å². The Morgan fingerprint density at radius 1 is 1.32 bits per heavy atom. The van der Waals surface area contributed by atoms with Crippen LogP contribution in [-0.4, -0.2) is 37.6 Å². The summed E-state index contributed by atoms with van der Waals surface area (Å²) in [5, 5.41) is 6.77. The summed E-state index contributed by atoms with van der Waals surface area (Å²) in [4.78, 5) is 4.83. The van der Waals surface area contributed by atoms with Crippen LogP contribution in [0.2, 0.25) is 0 Å². The second-order valence-electron chi connectivity index (χ2n) is 5.60. The van der Waals surface area contributed by atoms with Gasteiger partial charge in [-0.15, -0.1) is 24.0 Å². The van der Waals surface area contributed by atoms with Crippen molar-refractivity contribution in [2.45, 2.75) is 39.0 Å². The van der Waals surface area contributed by atoms with Gasteiger partial charge in [0.1, 0.15) is 0 Å². The summed E-state index contributed by atoms with van der Waals surface area (Å²) >= 11 is 1.87. The van der Waals surface area contributed by atoms with Crippen molar-refractivity contribution in [2.75, 3.05) is 31.6 Å². The zero-order valence-corrected chi connectivity index (χ0v) is 15.4. The molecular weight excluding hydrogens is 369 g/mol. The van der Waals surface area contributed by atoms with Crippen LogP contribution in [0, 0.1) is 11.3 Å². The molecule has 2 aliphatic rings. The fourth-order valence-electron chi connectivity index (χ4n) is 2.87. The van der Waals surface area contributed by atoms with Crippen molar-refractivity contribution in [3.63, 3.8) is 0 Å². The van der Waals surface area contributed by atoms with Gasteiger partial charge in [0.2, 0.25) is 0 Å². The van der Waals surface area contributed by atoms with Crippen LogP contribution in [0.25, 0.3) is 0 Å². The van der Waals surface area contributed by atoms with Gasteiger partial charge >= 0.3 is 0 Å². The maximum Gasteiger partial charge on any atom is 0.191 e. The minimum Gasteiger partial charge on any atom is -0.357 e. The van der Waals surface area contributed by atoms with Crippen LogP contribution in [0.15, 0.2) is 4.99 Å². The van der Waals surface area contributed by atoms with Gasteiger partial charge in [-0.2, -0.15) is 11.8 Å². The van der Waals surface area contributed by atoms with Crippen molar-refractivity contribution in [1.29, 1.82) is 0 Å². The molecule has 19 heavy (non-hydrogen) atoms. The van der Waals surface area contributed by atoms with Crippen LogP contribution >= 0.6 is 35.7 Å². The van der Waals surface area contributed by atoms with Gasteiger partial charge in [-0.1, -0.05) is 6.42 Å². The third kappa shape index (κ3) is 4.99. The van der Waals surface area contributed by atoms with E-state index in [4.69, 9.17) is 4.99 Å². The van der Waals surface area contributed by atoms with E-state index < -0.39 is 0 Å². The van der Waals surface area contributed by atoms with Gasteiger partial charge in [-0.3, -0.25) is 4.99 Å². The van der Waals surface area contributed by atoms with Crippen molar-refractivity contribution in [1.82, 2.24) is 10.6 Å². The van der Waals surface area contributed by atoms with Crippen LogP contribution in [0.3, 0.4) is 0 Å². The van der Waals surface area contributed by atoms with Crippen LogP contribution in [-0.2, 0) is 0 Å². The summed E-state index contributed by atoms with van der Waals surface area (Å²) < 4.78 is 0. The normalized spacial score (nSPS) is 21.3. The van der Waals surface area contributed by atoms with E-state index in [1.165, 1.54) is 32.1 Å². The largest absolute Gasteiger partial charge is 0.357 e. The smallest absolute Gasteiger partial charge is 0.191 e. The summed E-state index contributed by atoms with van der Waals surface area (Å²) in [5.41, 5.74) is 0.585. The second kappa shape index (κ2) is 8.60. The molecule has 2 saturated carbocycles. The van der Waals surface area contributed by atoms with Gasteiger partial charge in [0.05, 0.1) is 0 Å². The number of hydrogen-bond donors (Lipinski definition) is 2. The minimum absolute atomic E-state index is 0. The molecule has 2 fully saturated rings. The Labute approximate surface area is 139 Å². The first-order chi connectivity index (χ1) is 8.80. The Balaban J connectivity index is 0.00000180. The maximum atomic E-state index is 4.83. The lowest BCUT2D eigenvalue weighted by molar-refractivity contribution is 0.113. The molecule has 5 heteroatoms. The predicted molar refractivity (Wildman–Crippen MR) is 96.8 cm³/mol. The Kier molecular flexibility index (Phi) is 7.87. The van der Waals surface area contributed by atoms with Gasteiger partial charge < -0.3 is 10.6 Å². The molecule has 0 aromatic rings. The Hall–Kier alpha value is 0.350. The highest BCUT2D eigenvalue weighted by Crippen LogP contribution is 2.57. The highest BCUT2D eigenvalue weighted by atomic mass is 127. The molecule has 0 aromatic heterocycles. The van der Waals surface area contributed by atoms with E-state index >= 15 is 0 Å². The first-order valence-electron chi connectivity index (χ1n) is 7.32. The number of rotatable bonds is 7. The molecule has 0 spiro atoms. The van der Waals surface area contributed by atoms with Gasteiger partial charge in [-0.05, 0) is 50.2 Å². The molecule has 2 aliphatic carbocycles. The van der Waals surface area contributed by atoms with Crippen LogP contribution in [0.5, 0.6) is 0 Å². The van der Waals surface area contributed by atoms with E-state index in [2.05, 4.69) is 23.8 Å². The summed E-state index contributed by atoms with van der Waals surface area (Å²) in [6.07, 6.45) is 9.28. The zero-order valence-electron chi connectivity index (χ0n) is 12.2. The van der Waals surface area contributed by atoms with Crippen molar-refractivity contribution >= 4 is 41.7 Å². The lowest BCUT2D eigenvalue weighted by atomic mass is 9.65. The number of aliphatic imine (C=N–C) groups is 1. The first-order valence-corrected chi connectivity index (χ1v) is 8.71. The third-order valence-electron chi connectivity index (χ3n) is 4.29. The average molecular weight is 397 g/mol. The Bertz CT molecular complexity index is 288. The molecule has 0 heterocycles. The van der Waals surface area contributed by atoms with Gasteiger partial charge in [-0.25, -0.2) is 0 Å². The second-order valence-corrected chi connectivity index (χ2v) is 6.59. The number of thioether (sulfide) groups is 1. The molecule has 0 bridgehead atoms. The SMILES string of the molecule is CCNC(=NCC1(C2CC2)CCC1)NCCSC.I. The number of halogens is 1. The van der Waals surface area contributed by atoms with E-state index in [1.54, 1.807) is 0 Å². The molecule has 0 saturated heterocycles. The van der Waals surface area contributed by atoms with E-state index in [9.17, 15) is 0 Å². The molecule has 0 aromatic carbocycles. The van der Waals surface area contributed by atoms with Crippen LogP contribution in [0.1, 0.15) is 39.0 Å². The number of guanidine groups is 1. The molecule has 0 amide bonds. The van der Waals surface area contributed by atoms with E-state index in [0.717, 1.165) is 37.3 Å². The quantitative estimate of drug-likeness (QED) is 0.300. The monoisotopic (exact) mass is 397 g/mol. The van der Waals surface area contributed by atoms with Crippen LogP contribution < -0.4 is 10.6 Å². The third-order valence-corrected chi connectivity index (χ3v) is 4.90. The number of nitrogens with zero attached hydrogens (tertiary/aromatic N) is 1. The highest BCUT2D eigenvalue weighted by molar-refractivity contribution is 14.0. The molecule has 2 rings (SSSR count). The molecule has 0 aliphatic heterocycles. The molecule has 0 atom stereocenters. The topological polar surface area (TPSA) is 36.4 Å². The van der Waals surface area contributed by atoms with Crippen molar-refractivity contribution in [2.24, 2.45) is 16.3 Å². The minimum atomic E-state index is 0. The van der Waals surface area contributed by atoms with Gasteiger partial charge in [0.25, 0.3) is 0 Å². The summed E-state index contributed by atoms with van der Waals surface area (Å²) in [7, 11) is 0. The molecule has 3 nitrogen and oxygen atoms in total. The fourth-order valence-corrected chi connectivity index (χ4v) is 3.18. The number of nitrogens with one attached hydrogen (secondary N) is 2. The molecule has 0 unspecified atom stereocenters. The Morgan fingerprint density at radius 2 is 2.05 bits per heavy atom. The van der Waals surface area contributed by atoms with Crippen molar-refractivity contribution < 1.29 is 0 Å².